The van der Waals surface area contributed by atoms with Crippen LogP contribution in [0.15, 0.2) is 42.5 Å². The molecule has 0 aliphatic carbocycles. The molecule has 2 rings (SSSR count). The van der Waals surface area contributed by atoms with Crippen molar-refractivity contribution in [3.05, 3.63) is 68.7 Å². The molecular weight excluding hydrogens is 306 g/mol. The number of rotatable bonds is 4. The number of para-hydroxylation sites is 1. The number of nitrogens with one attached hydrogen (secondary N) is 1. The van der Waals surface area contributed by atoms with Gasteiger partial charge in [-0.2, -0.15) is 5.26 Å². The Morgan fingerprint density at radius 1 is 1.32 bits per heavy atom. The smallest absolute Gasteiger partial charge is 0.273 e. The summed E-state index contributed by atoms with van der Waals surface area (Å²) in [6, 6.07) is 12.5. The van der Waals surface area contributed by atoms with Gasteiger partial charge in [0.2, 0.25) is 5.91 Å². The maximum absolute atomic E-state index is 12.0. The summed E-state index contributed by atoms with van der Waals surface area (Å²) in [5.41, 5.74) is 0.950. The van der Waals surface area contributed by atoms with Gasteiger partial charge in [-0.25, -0.2) is 0 Å². The Bertz CT molecular complexity index is 784. The van der Waals surface area contributed by atoms with Crippen LogP contribution in [0.25, 0.3) is 0 Å². The summed E-state index contributed by atoms with van der Waals surface area (Å²) in [7, 11) is 0. The third kappa shape index (κ3) is 3.59. The number of nitrogens with zero attached hydrogens (tertiary/aromatic N) is 2. The first-order chi connectivity index (χ1) is 10.5. The molecule has 0 saturated heterocycles. The third-order valence-corrected chi connectivity index (χ3v) is 3.23. The molecule has 2 aromatic carbocycles. The molecule has 7 heteroatoms. The maximum Gasteiger partial charge on any atom is 0.273 e. The summed E-state index contributed by atoms with van der Waals surface area (Å²) in [4.78, 5) is 22.4. The SMILES string of the molecule is N#Cc1ccc(NC(=O)Cc2ccccc2[N+](=O)[O-])cc1Cl. The fraction of sp³-hybridized carbons (Fsp3) is 0.0667. The molecule has 0 unspecified atom stereocenters. The Morgan fingerprint density at radius 2 is 2.05 bits per heavy atom. The zero-order chi connectivity index (χ0) is 16.1. The lowest BCUT2D eigenvalue weighted by Crippen LogP contribution is -2.15. The standard InChI is InChI=1S/C15H10ClN3O3/c16-13-8-12(6-5-11(13)9-17)18-15(20)7-10-3-1-2-4-14(10)19(21)22/h1-6,8H,7H2,(H,18,20). The number of hydrogen-bond acceptors (Lipinski definition) is 4. The van der Waals surface area contributed by atoms with Crippen molar-refractivity contribution in [3.8, 4) is 6.07 Å². The van der Waals surface area contributed by atoms with E-state index in [0.29, 0.717) is 16.8 Å². The average molecular weight is 316 g/mol. The number of hydrogen-bond donors (Lipinski definition) is 1. The van der Waals surface area contributed by atoms with Gasteiger partial charge in [0.05, 0.1) is 21.9 Å². The number of carbonyl (C=O) groups excluding carboxylic acids is 1. The summed E-state index contributed by atoms with van der Waals surface area (Å²) in [6.07, 6.45) is -0.130. The van der Waals surface area contributed by atoms with Crippen LogP contribution in [0.1, 0.15) is 11.1 Å². The predicted octanol–water partition coefficient (Wildman–Crippen LogP) is 3.30. The van der Waals surface area contributed by atoms with Gasteiger partial charge in [-0.1, -0.05) is 29.8 Å². The molecule has 2 aromatic rings. The minimum atomic E-state index is -0.527. The van der Waals surface area contributed by atoms with Crippen molar-refractivity contribution in [1.82, 2.24) is 0 Å². The second-order valence-corrected chi connectivity index (χ2v) is 4.82. The second kappa shape index (κ2) is 6.70. The minimum Gasteiger partial charge on any atom is -0.326 e. The predicted molar refractivity (Wildman–Crippen MR) is 81.6 cm³/mol. The van der Waals surface area contributed by atoms with Gasteiger partial charge in [-0.15, -0.1) is 0 Å². The van der Waals surface area contributed by atoms with E-state index in [9.17, 15) is 14.9 Å². The highest BCUT2D eigenvalue weighted by Crippen LogP contribution is 2.21. The lowest BCUT2D eigenvalue weighted by atomic mass is 10.1. The quantitative estimate of drug-likeness (QED) is 0.691. The number of halogens is 1. The van der Waals surface area contributed by atoms with Gasteiger partial charge in [0.25, 0.3) is 5.69 Å². The number of carbonyl (C=O) groups is 1. The Kier molecular flexibility index (Phi) is 4.71. The molecule has 0 spiro atoms. The highest BCUT2D eigenvalue weighted by Gasteiger charge is 2.15. The van der Waals surface area contributed by atoms with E-state index in [4.69, 9.17) is 16.9 Å². The average Bonchev–Trinajstić information content (AvgIpc) is 2.47. The molecule has 0 aliphatic heterocycles. The van der Waals surface area contributed by atoms with Gasteiger partial charge in [-0.05, 0) is 18.2 Å². The maximum atomic E-state index is 12.0. The number of anilines is 1. The molecule has 0 heterocycles. The second-order valence-electron chi connectivity index (χ2n) is 4.42. The van der Waals surface area contributed by atoms with Crippen LogP contribution in [0.2, 0.25) is 5.02 Å². The molecule has 0 atom stereocenters. The van der Waals surface area contributed by atoms with E-state index in [0.717, 1.165) is 0 Å². The van der Waals surface area contributed by atoms with E-state index in [1.165, 1.54) is 24.3 Å². The van der Waals surface area contributed by atoms with Crippen molar-refractivity contribution in [3.63, 3.8) is 0 Å². The first kappa shape index (κ1) is 15.5. The van der Waals surface area contributed by atoms with Crippen molar-refractivity contribution >= 4 is 28.9 Å². The monoisotopic (exact) mass is 315 g/mol. The van der Waals surface area contributed by atoms with Crippen molar-refractivity contribution in [2.24, 2.45) is 0 Å². The minimum absolute atomic E-state index is 0.101. The number of benzene rings is 2. The highest BCUT2D eigenvalue weighted by atomic mass is 35.5. The normalized spacial score (nSPS) is 9.82. The Hall–Kier alpha value is -2.91. The van der Waals surface area contributed by atoms with Crippen LogP contribution in [0.5, 0.6) is 0 Å². The van der Waals surface area contributed by atoms with Crippen LogP contribution >= 0.6 is 11.6 Å². The summed E-state index contributed by atoms with van der Waals surface area (Å²) < 4.78 is 0. The Labute approximate surface area is 131 Å². The molecule has 0 aromatic heterocycles. The fourth-order valence-electron chi connectivity index (χ4n) is 1.90. The van der Waals surface area contributed by atoms with Crippen molar-refractivity contribution in [1.29, 1.82) is 5.26 Å². The molecular formula is C15H10ClN3O3. The zero-order valence-corrected chi connectivity index (χ0v) is 12.0. The van der Waals surface area contributed by atoms with Gasteiger partial charge in [0.1, 0.15) is 6.07 Å². The summed E-state index contributed by atoms with van der Waals surface area (Å²) in [6.45, 7) is 0. The first-order valence-corrected chi connectivity index (χ1v) is 6.61. The van der Waals surface area contributed by atoms with E-state index in [-0.39, 0.29) is 17.1 Å². The van der Waals surface area contributed by atoms with Gasteiger partial charge in [0.15, 0.2) is 0 Å². The molecule has 0 fully saturated rings. The van der Waals surface area contributed by atoms with E-state index >= 15 is 0 Å². The molecule has 1 amide bonds. The molecule has 110 valence electrons. The first-order valence-electron chi connectivity index (χ1n) is 6.23. The molecule has 0 bridgehead atoms. The molecule has 6 nitrogen and oxygen atoms in total. The van der Waals surface area contributed by atoms with E-state index in [1.54, 1.807) is 18.2 Å². The molecule has 0 aliphatic rings. The van der Waals surface area contributed by atoms with Crippen LogP contribution in [0.3, 0.4) is 0 Å². The summed E-state index contributed by atoms with van der Waals surface area (Å²) in [5.74, 6) is -0.407. The van der Waals surface area contributed by atoms with E-state index in [2.05, 4.69) is 5.32 Å². The largest absolute Gasteiger partial charge is 0.326 e. The van der Waals surface area contributed by atoms with Crippen LogP contribution < -0.4 is 5.32 Å². The van der Waals surface area contributed by atoms with E-state index < -0.39 is 10.8 Å². The number of nitro groups is 1. The highest BCUT2D eigenvalue weighted by molar-refractivity contribution is 6.32. The Balaban J connectivity index is 2.13. The number of nitriles is 1. The van der Waals surface area contributed by atoms with Crippen molar-refractivity contribution in [2.45, 2.75) is 6.42 Å². The molecule has 0 saturated carbocycles. The lowest BCUT2D eigenvalue weighted by Gasteiger charge is -2.06. The van der Waals surface area contributed by atoms with E-state index in [1.807, 2.05) is 6.07 Å². The van der Waals surface area contributed by atoms with Crippen LogP contribution in [0, 0.1) is 21.4 Å². The number of amides is 1. The molecule has 0 radical (unpaired) electrons. The van der Waals surface area contributed by atoms with Crippen molar-refractivity contribution < 1.29 is 9.72 Å². The summed E-state index contributed by atoms with van der Waals surface area (Å²) in [5, 5.41) is 22.5. The van der Waals surface area contributed by atoms with Crippen LogP contribution in [-0.4, -0.2) is 10.8 Å². The van der Waals surface area contributed by atoms with Crippen molar-refractivity contribution in [2.75, 3.05) is 5.32 Å². The third-order valence-electron chi connectivity index (χ3n) is 2.91. The Morgan fingerprint density at radius 3 is 2.68 bits per heavy atom. The molecule has 22 heavy (non-hydrogen) atoms. The number of nitro benzene ring substituents is 1. The summed E-state index contributed by atoms with van der Waals surface area (Å²) >= 11 is 5.88. The van der Waals surface area contributed by atoms with Gasteiger partial charge in [-0.3, -0.25) is 14.9 Å². The fourth-order valence-corrected chi connectivity index (χ4v) is 2.12. The van der Waals surface area contributed by atoms with Crippen LogP contribution in [-0.2, 0) is 11.2 Å². The topological polar surface area (TPSA) is 96.0 Å². The van der Waals surface area contributed by atoms with Crippen LogP contribution in [0.4, 0.5) is 11.4 Å². The van der Waals surface area contributed by atoms with Gasteiger partial charge in [0, 0.05) is 17.3 Å². The zero-order valence-electron chi connectivity index (χ0n) is 11.2. The van der Waals surface area contributed by atoms with Gasteiger partial charge < -0.3 is 5.32 Å². The van der Waals surface area contributed by atoms with Gasteiger partial charge >= 0.3 is 0 Å². The lowest BCUT2D eigenvalue weighted by molar-refractivity contribution is -0.385. The molecule has 1 N–H and O–H groups in total.